The van der Waals surface area contributed by atoms with Crippen LogP contribution in [0, 0.1) is 0 Å². The highest BCUT2D eigenvalue weighted by atomic mass is 16.4. The van der Waals surface area contributed by atoms with E-state index in [-0.39, 0.29) is 44.5 Å². The highest BCUT2D eigenvalue weighted by Gasteiger charge is 2.21. The highest BCUT2D eigenvalue weighted by Crippen LogP contribution is 2.39. The lowest BCUT2D eigenvalue weighted by Crippen LogP contribution is -2.02. The van der Waals surface area contributed by atoms with Crippen LogP contribution in [0.4, 0.5) is 0 Å². The molecule has 16 heteroatoms. The minimum absolute atomic E-state index is 0.0764. The molecule has 0 saturated heterocycles. The molecule has 76 heavy (non-hydrogen) atoms. The fourth-order valence-electron chi connectivity index (χ4n) is 8.06. The van der Waals surface area contributed by atoms with Crippen LogP contribution >= 0.6 is 0 Å². The molecular formula is C60H40O16. The van der Waals surface area contributed by atoms with Gasteiger partial charge in [0.2, 0.25) is 0 Å². The van der Waals surface area contributed by atoms with Crippen molar-refractivity contribution < 1.29 is 79.2 Å². The molecule has 8 aromatic carbocycles. The summed E-state index contributed by atoms with van der Waals surface area (Å²) in [6, 6.07) is 49.2. The van der Waals surface area contributed by atoms with Crippen LogP contribution in [0.15, 0.2) is 194 Å². The van der Waals surface area contributed by atoms with Crippen molar-refractivity contribution in [3.05, 3.63) is 283 Å². The smallest absolute Gasteiger partial charge is 0.335 e. The van der Waals surface area contributed by atoms with Gasteiger partial charge in [0.15, 0.2) is 0 Å². The van der Waals surface area contributed by atoms with Crippen LogP contribution < -0.4 is 0 Å². The Morgan fingerprint density at radius 1 is 0.145 bits per heavy atom. The zero-order chi connectivity index (χ0) is 54.8. The molecule has 0 aromatic heterocycles. The zero-order valence-corrected chi connectivity index (χ0v) is 39.3. The summed E-state index contributed by atoms with van der Waals surface area (Å²) in [6.45, 7) is 0. The van der Waals surface area contributed by atoms with Gasteiger partial charge in [0.1, 0.15) is 0 Å². The van der Waals surface area contributed by atoms with Crippen molar-refractivity contribution in [2.75, 3.05) is 0 Å². The second-order valence-electron chi connectivity index (χ2n) is 16.6. The van der Waals surface area contributed by atoms with Crippen LogP contribution in [0.5, 0.6) is 0 Å². The fraction of sp³-hybridized carbons (Fsp3) is 0. The molecule has 0 fully saturated rings. The molecule has 0 aliphatic heterocycles. The van der Waals surface area contributed by atoms with E-state index in [0.717, 1.165) is 0 Å². The molecule has 0 heterocycles. The van der Waals surface area contributed by atoms with Crippen molar-refractivity contribution in [2.45, 2.75) is 0 Å². The molecule has 16 nitrogen and oxygen atoms in total. The molecule has 376 valence electrons. The largest absolute Gasteiger partial charge is 0.478 e. The van der Waals surface area contributed by atoms with Gasteiger partial charge in [-0.15, -0.1) is 0 Å². The second kappa shape index (κ2) is 23.0. The van der Waals surface area contributed by atoms with Crippen molar-refractivity contribution in [2.24, 2.45) is 0 Å². The van der Waals surface area contributed by atoms with Gasteiger partial charge < -0.3 is 40.9 Å². The van der Waals surface area contributed by atoms with E-state index in [9.17, 15) is 79.2 Å². The summed E-state index contributed by atoms with van der Waals surface area (Å²) in [6.07, 6.45) is 0. The monoisotopic (exact) mass is 1020 g/mol. The summed E-state index contributed by atoms with van der Waals surface area (Å²) in [5.41, 5.74) is 7.89. The average Bonchev–Trinajstić information content (AvgIpc) is 3.42. The standard InChI is InChI=1S/2C30H20O8/c2*31-27(32)21-9-1-17(2-10-21)25(18-3-11-22(12-4-18)28(33)34)26(19-5-13-23(14-6-19)29(35)36)20-7-15-24(16-8-20)30(37)38/h2*1-16H,(H,31,32)(H,33,34)(H,35,36)(H,37,38). The molecule has 0 atom stereocenters. The number of carbonyl (C=O) groups is 8. The molecule has 0 saturated carbocycles. The Balaban J connectivity index is 0.000000221. The Bertz CT molecular complexity index is 2890. The lowest BCUT2D eigenvalue weighted by Gasteiger charge is -2.19. The van der Waals surface area contributed by atoms with E-state index in [1.54, 1.807) is 97.1 Å². The Hall–Kier alpha value is -11.0. The molecule has 0 unspecified atom stereocenters. The van der Waals surface area contributed by atoms with Crippen molar-refractivity contribution >= 4 is 70.0 Å². The van der Waals surface area contributed by atoms with E-state index in [2.05, 4.69) is 0 Å². The molecule has 0 amide bonds. The number of benzene rings is 8. The van der Waals surface area contributed by atoms with Gasteiger partial charge in [-0.25, -0.2) is 38.4 Å². The van der Waals surface area contributed by atoms with Crippen molar-refractivity contribution in [3.63, 3.8) is 0 Å². The molecule has 0 aliphatic carbocycles. The Labute approximate surface area is 430 Å². The van der Waals surface area contributed by atoms with E-state index < -0.39 is 47.8 Å². The molecule has 8 aromatic rings. The van der Waals surface area contributed by atoms with Crippen LogP contribution in [-0.2, 0) is 0 Å². The fourth-order valence-corrected chi connectivity index (χ4v) is 8.06. The molecule has 0 aliphatic rings. The van der Waals surface area contributed by atoms with Crippen molar-refractivity contribution in [3.8, 4) is 0 Å². The van der Waals surface area contributed by atoms with E-state index in [1.165, 1.54) is 97.1 Å². The van der Waals surface area contributed by atoms with Gasteiger partial charge in [0.05, 0.1) is 44.5 Å². The Morgan fingerprint density at radius 2 is 0.211 bits per heavy atom. The van der Waals surface area contributed by atoms with Gasteiger partial charge in [-0.3, -0.25) is 0 Å². The number of carboxylic acids is 8. The maximum atomic E-state index is 11.4. The summed E-state index contributed by atoms with van der Waals surface area (Å²) < 4.78 is 0. The normalized spacial score (nSPS) is 10.4. The predicted molar refractivity (Wildman–Crippen MR) is 277 cm³/mol. The predicted octanol–water partition coefficient (Wildman–Crippen LogP) is 11.0. The van der Waals surface area contributed by atoms with Gasteiger partial charge in [-0.05, 0) is 164 Å². The summed E-state index contributed by atoms with van der Waals surface area (Å²) in [7, 11) is 0. The number of carboxylic acid groups (broad SMARTS) is 8. The SMILES string of the molecule is O=C(O)c1ccc(C(=C(c2ccc(C(=O)O)cc2)c2ccc(C(=O)O)cc2)c2ccc(C(=O)O)cc2)cc1.O=C(O)c1ccc(C(=C(c2ccc(C(=O)O)cc2)c2ccc(C(=O)O)cc2)c2ccc(C(=O)O)cc2)cc1. The summed E-state index contributed by atoms with van der Waals surface area (Å²) in [5.74, 6) is -8.77. The van der Waals surface area contributed by atoms with Crippen molar-refractivity contribution in [1.82, 2.24) is 0 Å². The first kappa shape index (κ1) is 52.8. The first-order valence-electron chi connectivity index (χ1n) is 22.5. The Morgan fingerprint density at radius 3 is 0.276 bits per heavy atom. The maximum absolute atomic E-state index is 11.4. The number of hydrogen-bond acceptors (Lipinski definition) is 8. The van der Waals surface area contributed by atoms with Crippen LogP contribution in [-0.4, -0.2) is 88.6 Å². The lowest BCUT2D eigenvalue weighted by atomic mass is 9.85. The summed E-state index contributed by atoms with van der Waals surface area (Å²) in [4.78, 5) is 91.5. The quantitative estimate of drug-likeness (QED) is 0.0417. The van der Waals surface area contributed by atoms with Gasteiger partial charge in [-0.1, -0.05) is 97.1 Å². The molecule has 8 rings (SSSR count). The van der Waals surface area contributed by atoms with Gasteiger partial charge in [0, 0.05) is 0 Å². The lowest BCUT2D eigenvalue weighted by molar-refractivity contribution is 0.0686. The minimum Gasteiger partial charge on any atom is -0.478 e. The van der Waals surface area contributed by atoms with Gasteiger partial charge in [0.25, 0.3) is 0 Å². The number of aromatic carboxylic acids is 8. The van der Waals surface area contributed by atoms with Crippen LogP contribution in [0.25, 0.3) is 22.3 Å². The van der Waals surface area contributed by atoms with E-state index >= 15 is 0 Å². The molecular weight excluding hydrogens is 977 g/mol. The summed E-state index contributed by atoms with van der Waals surface area (Å²) >= 11 is 0. The highest BCUT2D eigenvalue weighted by molar-refractivity contribution is 6.07. The first-order chi connectivity index (χ1) is 36.3. The molecule has 0 radical (unpaired) electrons. The third-order valence-electron chi connectivity index (χ3n) is 11.9. The number of hydrogen-bond donors (Lipinski definition) is 8. The first-order valence-corrected chi connectivity index (χ1v) is 22.5. The van der Waals surface area contributed by atoms with E-state index in [4.69, 9.17) is 0 Å². The van der Waals surface area contributed by atoms with Gasteiger partial charge >= 0.3 is 47.8 Å². The molecule has 0 bridgehead atoms. The van der Waals surface area contributed by atoms with Crippen molar-refractivity contribution in [1.29, 1.82) is 0 Å². The maximum Gasteiger partial charge on any atom is 0.335 e. The molecule has 0 spiro atoms. The third-order valence-corrected chi connectivity index (χ3v) is 11.9. The average molecular weight is 1020 g/mol. The van der Waals surface area contributed by atoms with Crippen LogP contribution in [0.2, 0.25) is 0 Å². The van der Waals surface area contributed by atoms with Crippen LogP contribution in [0.1, 0.15) is 127 Å². The minimum atomic E-state index is -1.10. The topological polar surface area (TPSA) is 298 Å². The zero-order valence-electron chi connectivity index (χ0n) is 39.3. The van der Waals surface area contributed by atoms with E-state index in [1.807, 2.05) is 0 Å². The Kier molecular flexibility index (Phi) is 16.0. The van der Waals surface area contributed by atoms with Gasteiger partial charge in [-0.2, -0.15) is 0 Å². The third kappa shape index (κ3) is 12.2. The summed E-state index contributed by atoms with van der Waals surface area (Å²) in [5, 5.41) is 74.9. The number of rotatable bonds is 16. The second-order valence-corrected chi connectivity index (χ2v) is 16.6. The van der Waals surface area contributed by atoms with E-state index in [0.29, 0.717) is 66.8 Å². The molecule has 8 N–H and O–H groups in total. The van der Waals surface area contributed by atoms with Crippen LogP contribution in [0.3, 0.4) is 0 Å².